The first-order chi connectivity index (χ1) is 7.02. The Labute approximate surface area is 89.0 Å². The lowest BCUT2D eigenvalue weighted by molar-refractivity contribution is -0.125. The van der Waals surface area contributed by atoms with Crippen molar-refractivity contribution in [3.63, 3.8) is 0 Å². The van der Waals surface area contributed by atoms with E-state index in [9.17, 15) is 9.59 Å². The largest absolute Gasteiger partial charge is 0.369 e. The van der Waals surface area contributed by atoms with E-state index < -0.39 is 11.3 Å². The van der Waals surface area contributed by atoms with Crippen LogP contribution in [0.15, 0.2) is 23.8 Å². The highest BCUT2D eigenvalue weighted by Crippen LogP contribution is 2.34. The predicted octanol–water partition coefficient (Wildman–Crippen LogP) is 0.630. The fourth-order valence-electron chi connectivity index (χ4n) is 1.80. The molecule has 0 aromatic heterocycles. The van der Waals surface area contributed by atoms with Gasteiger partial charge < -0.3 is 11.5 Å². The quantitative estimate of drug-likeness (QED) is 0.710. The molecule has 0 bridgehead atoms. The number of carbonyl (C=O) groups is 2. The van der Waals surface area contributed by atoms with Gasteiger partial charge in [-0.3, -0.25) is 9.59 Å². The molecule has 4 heteroatoms. The molecule has 1 unspecified atom stereocenters. The number of hydrogen-bond donors (Lipinski definition) is 2. The summed E-state index contributed by atoms with van der Waals surface area (Å²) in [6, 6.07) is 0. The van der Waals surface area contributed by atoms with E-state index in [-0.39, 0.29) is 5.91 Å². The monoisotopic (exact) mass is 208 g/mol. The first-order valence-corrected chi connectivity index (χ1v) is 5.01. The second-order valence-corrected chi connectivity index (χ2v) is 3.83. The van der Waals surface area contributed by atoms with Gasteiger partial charge in [-0.2, -0.15) is 0 Å². The van der Waals surface area contributed by atoms with Crippen LogP contribution in [0, 0.1) is 5.41 Å². The highest BCUT2D eigenvalue weighted by atomic mass is 16.1. The Morgan fingerprint density at radius 2 is 2.13 bits per heavy atom. The van der Waals surface area contributed by atoms with E-state index in [2.05, 4.69) is 0 Å². The molecule has 0 fully saturated rings. The number of primary amides is 2. The van der Waals surface area contributed by atoms with E-state index in [1.165, 1.54) is 0 Å². The van der Waals surface area contributed by atoms with Gasteiger partial charge in [0, 0.05) is 5.57 Å². The zero-order chi connectivity index (χ0) is 11.5. The molecule has 0 spiro atoms. The zero-order valence-electron chi connectivity index (χ0n) is 8.82. The van der Waals surface area contributed by atoms with E-state index >= 15 is 0 Å². The topological polar surface area (TPSA) is 86.2 Å². The summed E-state index contributed by atoms with van der Waals surface area (Å²) in [7, 11) is 0. The summed E-state index contributed by atoms with van der Waals surface area (Å²) in [5, 5.41) is 0. The second-order valence-electron chi connectivity index (χ2n) is 3.83. The number of allylic oxidation sites excluding steroid dienone is 1. The highest BCUT2D eigenvalue weighted by Gasteiger charge is 2.33. The molecule has 4 N–H and O–H groups in total. The third-order valence-corrected chi connectivity index (χ3v) is 2.74. The van der Waals surface area contributed by atoms with Crippen LogP contribution in [-0.2, 0) is 9.59 Å². The summed E-state index contributed by atoms with van der Waals surface area (Å²) >= 11 is 0. The molecule has 82 valence electrons. The van der Waals surface area contributed by atoms with Gasteiger partial charge in [-0.05, 0) is 12.8 Å². The molecule has 4 nitrogen and oxygen atoms in total. The normalized spacial score (nSPS) is 24.7. The minimum Gasteiger partial charge on any atom is -0.369 e. The van der Waals surface area contributed by atoms with Crippen molar-refractivity contribution in [2.24, 2.45) is 16.9 Å². The van der Waals surface area contributed by atoms with E-state index in [4.69, 9.17) is 11.5 Å². The molecule has 1 aliphatic carbocycles. The Bertz CT molecular complexity index is 344. The molecule has 0 aromatic carbocycles. The Morgan fingerprint density at radius 1 is 1.47 bits per heavy atom. The number of carbonyl (C=O) groups excluding carboxylic acids is 2. The lowest BCUT2D eigenvalue weighted by Crippen LogP contribution is -2.36. The average Bonchev–Trinajstić information content (AvgIpc) is 2.18. The Kier molecular flexibility index (Phi) is 3.29. The van der Waals surface area contributed by atoms with Crippen LogP contribution in [0.3, 0.4) is 0 Å². The minimum absolute atomic E-state index is 0.347. The molecular weight excluding hydrogens is 192 g/mol. The van der Waals surface area contributed by atoms with Gasteiger partial charge in [0.25, 0.3) is 0 Å². The van der Waals surface area contributed by atoms with Crippen LogP contribution in [0.4, 0.5) is 0 Å². The minimum atomic E-state index is -0.631. The van der Waals surface area contributed by atoms with Crippen LogP contribution in [0.1, 0.15) is 26.2 Å². The van der Waals surface area contributed by atoms with E-state index in [0.717, 1.165) is 6.42 Å². The average molecular weight is 208 g/mol. The van der Waals surface area contributed by atoms with Gasteiger partial charge in [0.15, 0.2) is 0 Å². The van der Waals surface area contributed by atoms with Crippen molar-refractivity contribution in [3.8, 4) is 0 Å². The van der Waals surface area contributed by atoms with Crippen molar-refractivity contribution < 1.29 is 9.59 Å². The maximum atomic E-state index is 11.4. The molecule has 0 heterocycles. The van der Waals surface area contributed by atoms with Gasteiger partial charge >= 0.3 is 0 Å². The summed E-state index contributed by atoms with van der Waals surface area (Å²) in [6.07, 6.45) is 7.01. The van der Waals surface area contributed by atoms with Crippen molar-refractivity contribution in [2.75, 3.05) is 0 Å². The molecular formula is C11H16N2O2. The zero-order valence-corrected chi connectivity index (χ0v) is 8.82. The van der Waals surface area contributed by atoms with Crippen LogP contribution in [0.2, 0.25) is 0 Å². The fraction of sp³-hybridized carbons (Fsp3) is 0.455. The summed E-state index contributed by atoms with van der Waals surface area (Å²) in [5.41, 5.74) is 10.3. The molecule has 0 aromatic rings. The second kappa shape index (κ2) is 4.29. The predicted molar refractivity (Wildman–Crippen MR) is 57.6 cm³/mol. The third-order valence-electron chi connectivity index (χ3n) is 2.74. The SMILES string of the molecule is CCCC1(C(N)=O)C=CC(C(N)=O)=CC1. The number of amides is 2. The molecule has 1 aliphatic rings. The van der Waals surface area contributed by atoms with Crippen LogP contribution in [0.5, 0.6) is 0 Å². The van der Waals surface area contributed by atoms with Gasteiger partial charge in [0.1, 0.15) is 0 Å². The van der Waals surface area contributed by atoms with E-state index in [1.807, 2.05) is 6.92 Å². The maximum Gasteiger partial charge on any atom is 0.248 e. The lowest BCUT2D eigenvalue weighted by Gasteiger charge is -2.28. The van der Waals surface area contributed by atoms with Crippen molar-refractivity contribution in [2.45, 2.75) is 26.2 Å². The smallest absolute Gasteiger partial charge is 0.248 e. The lowest BCUT2D eigenvalue weighted by atomic mass is 9.76. The first-order valence-electron chi connectivity index (χ1n) is 5.01. The molecule has 0 aliphatic heterocycles. The summed E-state index contributed by atoms with van der Waals surface area (Å²) in [4.78, 5) is 22.2. The van der Waals surface area contributed by atoms with Gasteiger partial charge in [-0.15, -0.1) is 0 Å². The number of nitrogens with two attached hydrogens (primary N) is 2. The van der Waals surface area contributed by atoms with Crippen LogP contribution in [-0.4, -0.2) is 11.8 Å². The molecule has 0 saturated heterocycles. The third kappa shape index (κ3) is 2.26. The maximum absolute atomic E-state index is 11.4. The van der Waals surface area contributed by atoms with Crippen molar-refractivity contribution in [1.82, 2.24) is 0 Å². The Hall–Kier alpha value is -1.58. The molecule has 0 radical (unpaired) electrons. The molecule has 2 amide bonds. The Balaban J connectivity index is 2.89. The molecule has 1 rings (SSSR count). The number of hydrogen-bond acceptors (Lipinski definition) is 2. The van der Waals surface area contributed by atoms with Crippen LogP contribution < -0.4 is 11.5 Å². The molecule has 1 atom stereocenters. The first kappa shape index (κ1) is 11.5. The van der Waals surface area contributed by atoms with Crippen LogP contribution >= 0.6 is 0 Å². The van der Waals surface area contributed by atoms with Crippen LogP contribution in [0.25, 0.3) is 0 Å². The highest BCUT2D eigenvalue weighted by molar-refractivity contribution is 5.96. The molecule has 0 saturated carbocycles. The van der Waals surface area contributed by atoms with Crippen molar-refractivity contribution in [1.29, 1.82) is 0 Å². The van der Waals surface area contributed by atoms with Gasteiger partial charge in [-0.1, -0.05) is 31.6 Å². The number of rotatable bonds is 4. The fourth-order valence-corrected chi connectivity index (χ4v) is 1.80. The summed E-state index contributed by atoms with van der Waals surface area (Å²) in [6.45, 7) is 1.99. The standard InChI is InChI=1S/C11H16N2O2/c1-2-5-11(10(13)15)6-3-8(4-7-11)9(12)14/h3-4,6H,2,5,7H2,1H3,(H2,12,14)(H2,13,15). The van der Waals surface area contributed by atoms with Crippen molar-refractivity contribution in [3.05, 3.63) is 23.8 Å². The summed E-state index contributed by atoms with van der Waals surface area (Å²) < 4.78 is 0. The molecule has 15 heavy (non-hydrogen) atoms. The van der Waals surface area contributed by atoms with E-state index in [0.29, 0.717) is 18.4 Å². The summed E-state index contributed by atoms with van der Waals surface area (Å²) in [5.74, 6) is -0.818. The van der Waals surface area contributed by atoms with Gasteiger partial charge in [0.05, 0.1) is 5.41 Å². The van der Waals surface area contributed by atoms with Crippen molar-refractivity contribution >= 4 is 11.8 Å². The van der Waals surface area contributed by atoms with Gasteiger partial charge in [0.2, 0.25) is 11.8 Å². The van der Waals surface area contributed by atoms with Gasteiger partial charge in [-0.25, -0.2) is 0 Å². The van der Waals surface area contributed by atoms with E-state index in [1.54, 1.807) is 18.2 Å². The Morgan fingerprint density at radius 3 is 2.47 bits per heavy atom.